The van der Waals surface area contributed by atoms with Gasteiger partial charge in [-0.15, -0.1) is 11.3 Å². The Morgan fingerprint density at radius 3 is 2.71 bits per heavy atom. The van der Waals surface area contributed by atoms with Gasteiger partial charge in [0, 0.05) is 35.4 Å². The molecular weight excluding hydrogens is 320 g/mol. The van der Waals surface area contributed by atoms with E-state index < -0.39 is 0 Å². The Labute approximate surface area is 145 Å². The molecule has 1 amide bonds. The first-order valence-electron chi connectivity index (χ1n) is 8.29. The topological polar surface area (TPSA) is 72.4 Å². The molecule has 1 aromatic carbocycles. The highest BCUT2D eigenvalue weighted by Gasteiger charge is 2.06. The minimum Gasteiger partial charge on any atom is -0.330 e. The summed E-state index contributed by atoms with van der Waals surface area (Å²) in [5.74, 6) is 0.0676. The molecule has 0 saturated carbocycles. The summed E-state index contributed by atoms with van der Waals surface area (Å²) in [6.45, 7) is 0.729. The monoisotopic (exact) mass is 342 g/mol. The van der Waals surface area contributed by atoms with Crippen molar-refractivity contribution in [2.75, 3.05) is 11.9 Å². The predicted molar refractivity (Wildman–Crippen MR) is 99.3 cm³/mol. The molecule has 0 bridgehead atoms. The van der Waals surface area contributed by atoms with Crippen LogP contribution in [-0.2, 0) is 4.79 Å². The molecular formula is C18H22N4OS. The summed E-state index contributed by atoms with van der Waals surface area (Å²) in [6, 6.07) is 7.83. The van der Waals surface area contributed by atoms with E-state index in [0.29, 0.717) is 6.42 Å². The lowest BCUT2D eigenvalue weighted by molar-refractivity contribution is -0.116. The Kier molecular flexibility index (Phi) is 5.61. The van der Waals surface area contributed by atoms with E-state index in [1.807, 2.05) is 46.4 Å². The van der Waals surface area contributed by atoms with Crippen LogP contribution in [-0.4, -0.2) is 21.8 Å². The molecule has 2 heterocycles. The zero-order valence-electron chi connectivity index (χ0n) is 13.6. The molecule has 2 aromatic heterocycles. The van der Waals surface area contributed by atoms with Crippen molar-refractivity contribution in [3.05, 3.63) is 42.0 Å². The number of hydrogen-bond donors (Lipinski definition) is 2. The number of aromatic nitrogens is 2. The second-order valence-electron chi connectivity index (χ2n) is 5.80. The van der Waals surface area contributed by atoms with E-state index in [1.54, 1.807) is 11.3 Å². The fourth-order valence-electron chi connectivity index (χ4n) is 2.60. The molecule has 0 aliphatic carbocycles. The first-order valence-corrected chi connectivity index (χ1v) is 9.17. The fraction of sp³-hybridized carbons (Fsp3) is 0.333. The number of nitrogens with zero attached hydrogens (tertiary/aromatic N) is 2. The van der Waals surface area contributed by atoms with Crippen molar-refractivity contribution in [3.8, 4) is 11.3 Å². The third-order valence-electron chi connectivity index (χ3n) is 3.92. The Hall–Kier alpha value is -2.18. The molecule has 126 valence electrons. The molecule has 0 fully saturated rings. The van der Waals surface area contributed by atoms with Crippen molar-refractivity contribution in [1.29, 1.82) is 0 Å². The number of benzene rings is 1. The molecule has 0 unspecified atom stereocenters. The molecule has 0 aliphatic rings. The minimum atomic E-state index is 0.0676. The highest BCUT2D eigenvalue weighted by Crippen LogP contribution is 2.23. The van der Waals surface area contributed by atoms with Gasteiger partial charge < -0.3 is 11.1 Å². The molecule has 0 atom stereocenters. The van der Waals surface area contributed by atoms with Crippen LogP contribution in [0.1, 0.15) is 32.1 Å². The van der Waals surface area contributed by atoms with Crippen LogP contribution in [0.5, 0.6) is 0 Å². The number of amides is 1. The standard InChI is InChI=1S/C18H22N4OS/c19-10-4-2-1-3-5-17(23)20-15-8-6-14(7-9-15)16-13-22-11-12-24-18(22)21-16/h6-9,11-13H,1-5,10,19H2,(H,20,23). The van der Waals surface area contributed by atoms with Crippen molar-refractivity contribution < 1.29 is 4.79 Å². The number of nitrogens with one attached hydrogen (secondary N) is 1. The van der Waals surface area contributed by atoms with E-state index in [2.05, 4.69) is 10.3 Å². The summed E-state index contributed by atoms with van der Waals surface area (Å²) in [7, 11) is 0. The number of imidazole rings is 1. The van der Waals surface area contributed by atoms with Crippen LogP contribution in [0.15, 0.2) is 42.0 Å². The largest absolute Gasteiger partial charge is 0.330 e. The van der Waals surface area contributed by atoms with E-state index >= 15 is 0 Å². The molecule has 0 radical (unpaired) electrons. The summed E-state index contributed by atoms with van der Waals surface area (Å²) < 4.78 is 2.01. The first-order chi connectivity index (χ1) is 11.8. The Morgan fingerprint density at radius 2 is 1.96 bits per heavy atom. The van der Waals surface area contributed by atoms with Crippen LogP contribution in [0, 0.1) is 0 Å². The second kappa shape index (κ2) is 8.08. The van der Waals surface area contributed by atoms with Gasteiger partial charge in [-0.25, -0.2) is 4.98 Å². The summed E-state index contributed by atoms with van der Waals surface area (Å²) >= 11 is 1.61. The van der Waals surface area contributed by atoms with Crippen molar-refractivity contribution in [3.63, 3.8) is 0 Å². The van der Waals surface area contributed by atoms with Crippen LogP contribution in [0.3, 0.4) is 0 Å². The third-order valence-corrected chi connectivity index (χ3v) is 4.69. The average Bonchev–Trinajstić information content (AvgIpc) is 3.17. The molecule has 0 saturated heterocycles. The lowest BCUT2D eigenvalue weighted by Gasteiger charge is -2.06. The maximum atomic E-state index is 11.9. The van der Waals surface area contributed by atoms with Gasteiger partial charge in [0.2, 0.25) is 5.91 Å². The number of carbonyl (C=O) groups is 1. The number of rotatable bonds is 8. The quantitative estimate of drug-likeness (QED) is 0.610. The Balaban J connectivity index is 1.52. The smallest absolute Gasteiger partial charge is 0.224 e. The zero-order chi connectivity index (χ0) is 16.8. The van der Waals surface area contributed by atoms with Crippen LogP contribution in [0.2, 0.25) is 0 Å². The predicted octanol–water partition coefficient (Wildman–Crippen LogP) is 3.91. The Bertz CT molecular complexity index is 762. The average molecular weight is 342 g/mol. The number of hydrogen-bond acceptors (Lipinski definition) is 4. The van der Waals surface area contributed by atoms with Gasteiger partial charge in [-0.2, -0.15) is 0 Å². The van der Waals surface area contributed by atoms with Gasteiger partial charge in [0.25, 0.3) is 0 Å². The zero-order valence-corrected chi connectivity index (χ0v) is 14.4. The van der Waals surface area contributed by atoms with Crippen LogP contribution in [0.25, 0.3) is 16.2 Å². The number of fused-ring (bicyclic) bond motifs is 1. The van der Waals surface area contributed by atoms with E-state index in [1.165, 1.54) is 0 Å². The lowest BCUT2D eigenvalue weighted by atomic mass is 10.1. The molecule has 24 heavy (non-hydrogen) atoms. The molecule has 0 spiro atoms. The van der Waals surface area contributed by atoms with Crippen LogP contribution < -0.4 is 11.1 Å². The van der Waals surface area contributed by atoms with E-state index in [9.17, 15) is 4.79 Å². The molecule has 3 N–H and O–H groups in total. The lowest BCUT2D eigenvalue weighted by Crippen LogP contribution is -2.11. The van der Waals surface area contributed by atoms with Gasteiger partial charge in [-0.1, -0.05) is 25.0 Å². The van der Waals surface area contributed by atoms with Crippen LogP contribution >= 0.6 is 11.3 Å². The van der Waals surface area contributed by atoms with Gasteiger partial charge in [0.05, 0.1) is 5.69 Å². The number of carbonyl (C=O) groups excluding carboxylic acids is 1. The number of thiazole rings is 1. The summed E-state index contributed by atoms with van der Waals surface area (Å²) in [5, 5.41) is 4.96. The number of anilines is 1. The Morgan fingerprint density at radius 1 is 1.17 bits per heavy atom. The van der Waals surface area contributed by atoms with Gasteiger partial charge in [0.15, 0.2) is 4.96 Å². The summed E-state index contributed by atoms with van der Waals surface area (Å²) in [4.78, 5) is 17.5. The number of nitrogens with two attached hydrogens (primary N) is 1. The molecule has 3 rings (SSSR count). The molecule has 3 aromatic rings. The highest BCUT2D eigenvalue weighted by molar-refractivity contribution is 7.15. The van der Waals surface area contributed by atoms with Crippen molar-refractivity contribution >= 4 is 27.9 Å². The molecule has 6 heteroatoms. The SMILES string of the molecule is NCCCCCCC(=O)Nc1ccc(-c2cn3ccsc3n2)cc1. The van der Waals surface area contributed by atoms with Gasteiger partial charge >= 0.3 is 0 Å². The summed E-state index contributed by atoms with van der Waals surface area (Å²) in [5.41, 5.74) is 8.27. The molecule has 5 nitrogen and oxygen atoms in total. The van der Waals surface area contributed by atoms with Crippen molar-refractivity contribution in [1.82, 2.24) is 9.38 Å². The highest BCUT2D eigenvalue weighted by atomic mass is 32.1. The molecule has 0 aliphatic heterocycles. The summed E-state index contributed by atoms with van der Waals surface area (Å²) in [6.07, 6.45) is 8.68. The third kappa shape index (κ3) is 4.21. The van der Waals surface area contributed by atoms with Gasteiger partial charge in [0.1, 0.15) is 0 Å². The first kappa shape index (κ1) is 16.7. The normalized spacial score (nSPS) is 11.0. The maximum absolute atomic E-state index is 11.9. The van der Waals surface area contributed by atoms with Crippen LogP contribution in [0.4, 0.5) is 5.69 Å². The van der Waals surface area contributed by atoms with E-state index in [4.69, 9.17) is 5.73 Å². The van der Waals surface area contributed by atoms with Crippen molar-refractivity contribution in [2.45, 2.75) is 32.1 Å². The van der Waals surface area contributed by atoms with Gasteiger partial charge in [-0.3, -0.25) is 9.20 Å². The fourth-order valence-corrected chi connectivity index (χ4v) is 3.30. The minimum absolute atomic E-state index is 0.0676. The van der Waals surface area contributed by atoms with Crippen molar-refractivity contribution in [2.24, 2.45) is 5.73 Å². The van der Waals surface area contributed by atoms with E-state index in [-0.39, 0.29) is 5.91 Å². The number of unbranched alkanes of at least 4 members (excludes halogenated alkanes) is 3. The van der Waals surface area contributed by atoms with Gasteiger partial charge in [-0.05, 0) is 31.5 Å². The maximum Gasteiger partial charge on any atom is 0.224 e. The van der Waals surface area contributed by atoms with E-state index in [0.717, 1.165) is 54.1 Å². The second-order valence-corrected chi connectivity index (χ2v) is 6.67.